The molecule has 0 saturated carbocycles. The summed E-state index contributed by atoms with van der Waals surface area (Å²) in [5.41, 5.74) is 0.528. The molecular weight excluding hydrogens is 375 g/mol. The van der Waals surface area contributed by atoms with Crippen molar-refractivity contribution in [2.24, 2.45) is 7.05 Å². The van der Waals surface area contributed by atoms with Crippen LogP contribution in [0.5, 0.6) is 0 Å². The quantitative estimate of drug-likeness (QED) is 0.565. The number of esters is 1. The van der Waals surface area contributed by atoms with Gasteiger partial charge < -0.3 is 19.9 Å². The molecule has 1 aromatic rings. The van der Waals surface area contributed by atoms with Crippen LogP contribution in [0.1, 0.15) is 26.1 Å². The van der Waals surface area contributed by atoms with Crippen molar-refractivity contribution in [1.29, 1.82) is 0 Å². The van der Waals surface area contributed by atoms with Crippen molar-refractivity contribution in [2.45, 2.75) is 37.6 Å². The Hall–Kier alpha value is -2.24. The minimum absolute atomic E-state index is 0.00821. The first-order valence-corrected chi connectivity index (χ1v) is 8.74. The number of amides is 2. The van der Waals surface area contributed by atoms with Crippen LogP contribution in [0.2, 0.25) is 0 Å². The van der Waals surface area contributed by atoms with Crippen molar-refractivity contribution in [1.82, 2.24) is 25.4 Å². The van der Waals surface area contributed by atoms with E-state index in [0.29, 0.717) is 6.42 Å². The van der Waals surface area contributed by atoms with Crippen molar-refractivity contribution >= 4 is 23.8 Å². The molecule has 2 N–H and O–H groups in total. The van der Waals surface area contributed by atoms with E-state index in [0.717, 1.165) is 16.3 Å². The third-order valence-corrected chi connectivity index (χ3v) is 4.63. The Bertz CT molecular complexity index is 732. The van der Waals surface area contributed by atoms with E-state index in [1.165, 1.54) is 7.05 Å². The number of nitrogens with zero attached hydrogens (tertiary/aromatic N) is 3. The second-order valence-electron chi connectivity index (χ2n) is 5.32. The third-order valence-electron chi connectivity index (χ3n) is 3.58. The van der Waals surface area contributed by atoms with Crippen molar-refractivity contribution < 1.29 is 27.5 Å². The van der Waals surface area contributed by atoms with Crippen LogP contribution in [0.15, 0.2) is 16.4 Å². The molecule has 144 valence electrons. The summed E-state index contributed by atoms with van der Waals surface area (Å²) in [6, 6.07) is -1.03. The van der Waals surface area contributed by atoms with Crippen molar-refractivity contribution in [3.8, 4) is 0 Å². The smallest absolute Gasteiger partial charge is 0.451 e. The first-order valence-electron chi connectivity index (χ1n) is 7.76. The fraction of sp³-hybridized carbons (Fsp3) is 0.571. The number of alkyl halides is 3. The molecule has 0 bridgehead atoms. The number of aromatic nitrogens is 3. The maximum atomic E-state index is 12.8. The number of ether oxygens (including phenoxy) is 1. The van der Waals surface area contributed by atoms with Crippen LogP contribution in [0.4, 0.5) is 18.0 Å². The van der Waals surface area contributed by atoms with Gasteiger partial charge in [0.25, 0.3) is 0 Å². The number of carbonyl (C=O) groups is 2. The van der Waals surface area contributed by atoms with Crippen LogP contribution in [-0.4, -0.2) is 45.2 Å². The van der Waals surface area contributed by atoms with E-state index in [9.17, 15) is 22.8 Å². The summed E-state index contributed by atoms with van der Waals surface area (Å²) in [4.78, 5) is 24.0. The van der Waals surface area contributed by atoms with Crippen LogP contribution in [-0.2, 0) is 22.8 Å². The van der Waals surface area contributed by atoms with Crippen molar-refractivity contribution in [3.63, 3.8) is 0 Å². The van der Waals surface area contributed by atoms with E-state index >= 15 is 0 Å². The highest BCUT2D eigenvalue weighted by molar-refractivity contribution is 7.99. The lowest BCUT2D eigenvalue weighted by Gasteiger charge is -2.28. The Morgan fingerprint density at radius 1 is 1.35 bits per heavy atom. The molecule has 26 heavy (non-hydrogen) atoms. The summed E-state index contributed by atoms with van der Waals surface area (Å²) in [5.74, 6) is -1.68. The van der Waals surface area contributed by atoms with E-state index in [1.54, 1.807) is 13.8 Å². The summed E-state index contributed by atoms with van der Waals surface area (Å²) in [6.45, 7) is 3.60. The predicted molar refractivity (Wildman–Crippen MR) is 86.1 cm³/mol. The van der Waals surface area contributed by atoms with E-state index in [-0.39, 0.29) is 28.8 Å². The number of thioether (sulfide) groups is 1. The number of nitrogens with one attached hydrogen (secondary N) is 2. The molecule has 12 heteroatoms. The summed E-state index contributed by atoms with van der Waals surface area (Å²) in [7, 11) is 1.20. The van der Waals surface area contributed by atoms with Gasteiger partial charge >= 0.3 is 18.2 Å². The lowest BCUT2D eigenvalue weighted by Crippen LogP contribution is -2.50. The van der Waals surface area contributed by atoms with Gasteiger partial charge in [-0.25, -0.2) is 9.59 Å². The fourth-order valence-electron chi connectivity index (χ4n) is 2.40. The highest BCUT2D eigenvalue weighted by Crippen LogP contribution is 2.30. The first-order chi connectivity index (χ1) is 12.2. The van der Waals surface area contributed by atoms with E-state index in [2.05, 4.69) is 20.8 Å². The van der Waals surface area contributed by atoms with Gasteiger partial charge in [0, 0.05) is 18.5 Å². The lowest BCUT2D eigenvalue weighted by atomic mass is 10.0. The van der Waals surface area contributed by atoms with Gasteiger partial charge in [-0.3, -0.25) is 0 Å². The molecule has 0 saturated heterocycles. The van der Waals surface area contributed by atoms with E-state index in [1.807, 2.05) is 0 Å². The minimum atomic E-state index is -4.62. The number of carbonyl (C=O) groups excluding carboxylic acids is 2. The molecule has 2 heterocycles. The predicted octanol–water partition coefficient (Wildman–Crippen LogP) is 1.83. The number of hydrogen-bond acceptors (Lipinski definition) is 6. The van der Waals surface area contributed by atoms with Crippen LogP contribution in [0, 0.1) is 0 Å². The Balaban J connectivity index is 2.27. The molecule has 1 aromatic heterocycles. The third kappa shape index (κ3) is 4.29. The zero-order valence-corrected chi connectivity index (χ0v) is 15.1. The molecule has 2 amide bonds. The molecule has 2 rings (SSSR count). The summed E-state index contributed by atoms with van der Waals surface area (Å²) < 4.78 is 44.2. The monoisotopic (exact) mass is 393 g/mol. The Morgan fingerprint density at radius 2 is 2.04 bits per heavy atom. The van der Waals surface area contributed by atoms with Crippen LogP contribution in [0.3, 0.4) is 0 Å². The maximum absolute atomic E-state index is 12.8. The fourth-order valence-corrected chi connectivity index (χ4v) is 3.28. The summed E-state index contributed by atoms with van der Waals surface area (Å²) >= 11 is 0.926. The molecular formula is C14H18F3N5O3S. The summed E-state index contributed by atoms with van der Waals surface area (Å²) in [5, 5.41) is 11.8. The van der Waals surface area contributed by atoms with Gasteiger partial charge in [0.05, 0.1) is 18.2 Å². The number of hydrogen-bond donors (Lipinski definition) is 2. The van der Waals surface area contributed by atoms with Gasteiger partial charge in [0.2, 0.25) is 5.82 Å². The summed E-state index contributed by atoms with van der Waals surface area (Å²) in [6.07, 6.45) is -4.16. The molecule has 0 aromatic carbocycles. The topological polar surface area (TPSA) is 98.1 Å². The number of halogens is 3. The Morgan fingerprint density at radius 3 is 2.58 bits per heavy atom. The molecule has 0 spiro atoms. The Labute approximate surface area is 151 Å². The zero-order chi connectivity index (χ0) is 19.5. The van der Waals surface area contributed by atoms with Crippen LogP contribution in [0.25, 0.3) is 0 Å². The molecule has 1 aliphatic rings. The molecule has 0 fully saturated rings. The zero-order valence-electron chi connectivity index (χ0n) is 14.3. The highest BCUT2D eigenvalue weighted by atomic mass is 32.2. The maximum Gasteiger partial charge on any atom is 0.451 e. The average Bonchev–Trinajstić information content (AvgIpc) is 2.93. The van der Waals surface area contributed by atoms with Crippen LogP contribution < -0.4 is 10.6 Å². The minimum Gasteiger partial charge on any atom is -0.463 e. The molecule has 1 atom stereocenters. The van der Waals surface area contributed by atoms with Crippen molar-refractivity contribution in [3.05, 3.63) is 17.1 Å². The lowest BCUT2D eigenvalue weighted by molar-refractivity contribution is -0.147. The molecule has 0 aliphatic carbocycles. The van der Waals surface area contributed by atoms with Gasteiger partial charge in [0.15, 0.2) is 5.16 Å². The van der Waals surface area contributed by atoms with E-state index < -0.39 is 30.0 Å². The van der Waals surface area contributed by atoms with Gasteiger partial charge in [0.1, 0.15) is 0 Å². The SMILES string of the molecule is CCOC(=O)C1=C(CSc2nnc(C(F)(F)F)n2C)NC(=O)N[C@H]1CC. The Kier molecular flexibility index (Phi) is 6.16. The number of urea groups is 1. The second kappa shape index (κ2) is 7.98. The van der Waals surface area contributed by atoms with E-state index in [4.69, 9.17) is 4.74 Å². The first kappa shape index (κ1) is 20.1. The van der Waals surface area contributed by atoms with Gasteiger partial charge in [-0.05, 0) is 13.3 Å². The average molecular weight is 393 g/mol. The molecule has 8 nitrogen and oxygen atoms in total. The molecule has 1 aliphatic heterocycles. The van der Waals surface area contributed by atoms with Gasteiger partial charge in [-0.15, -0.1) is 10.2 Å². The largest absolute Gasteiger partial charge is 0.463 e. The standard InChI is InChI=1S/C14H18F3N5O3S/c1-4-7-9(10(23)25-5-2)8(19-12(24)18-7)6-26-13-21-20-11(22(13)3)14(15,16)17/h7H,4-6H2,1-3H3,(H2,18,19,24)/t7-/m0/s1. The van der Waals surface area contributed by atoms with Gasteiger partial charge in [-0.1, -0.05) is 18.7 Å². The second-order valence-corrected chi connectivity index (χ2v) is 6.27. The highest BCUT2D eigenvalue weighted by Gasteiger charge is 2.38. The van der Waals surface area contributed by atoms with Crippen LogP contribution >= 0.6 is 11.8 Å². The molecule has 0 unspecified atom stereocenters. The van der Waals surface area contributed by atoms with Gasteiger partial charge in [-0.2, -0.15) is 13.2 Å². The molecule has 0 radical (unpaired) electrons. The normalized spacial score (nSPS) is 17.8. The number of rotatable bonds is 6. The van der Waals surface area contributed by atoms with Crippen molar-refractivity contribution in [2.75, 3.05) is 12.4 Å².